The van der Waals surface area contributed by atoms with Gasteiger partial charge in [0.1, 0.15) is 0 Å². The molecule has 1 aromatic heterocycles. The van der Waals surface area contributed by atoms with Gasteiger partial charge in [-0.25, -0.2) is 0 Å². The predicted octanol–water partition coefficient (Wildman–Crippen LogP) is 15.8. The normalized spacial score (nSPS) is 13.4. The summed E-state index contributed by atoms with van der Waals surface area (Å²) in [6.07, 6.45) is 0. The van der Waals surface area contributed by atoms with Crippen LogP contribution in [-0.4, -0.2) is 12.6 Å². The average molecular weight is 835 g/mol. The van der Waals surface area contributed by atoms with E-state index in [9.17, 15) is 0 Å². The number of nitrogens with zero attached hydrogens (tertiary/aromatic N) is 2. The molecular formula is C61H46N2Si. The number of hydrogen-bond donors (Lipinski definition) is 0. The van der Waals surface area contributed by atoms with Gasteiger partial charge in [-0.3, -0.25) is 0 Å². The van der Waals surface area contributed by atoms with Crippen LogP contribution in [0, 0.1) is 6.92 Å². The molecule has 0 atom stereocenters. The van der Waals surface area contributed by atoms with Crippen molar-refractivity contribution >= 4 is 73.7 Å². The number of aryl methyl sites for hydroxylation is 1. The Balaban J connectivity index is 1.17. The Hall–Kier alpha value is -7.46. The first-order chi connectivity index (χ1) is 31.3. The molecule has 0 bridgehead atoms. The maximum absolute atomic E-state index is 2.58. The Morgan fingerprint density at radius 3 is 1.56 bits per heavy atom. The molecule has 2 aliphatic carbocycles. The van der Waals surface area contributed by atoms with E-state index in [2.05, 4.69) is 242 Å². The first-order valence-electron chi connectivity index (χ1n) is 22.6. The molecule has 10 aromatic carbocycles. The summed E-state index contributed by atoms with van der Waals surface area (Å²) in [6.45, 7) is 9.56. The van der Waals surface area contributed by atoms with Crippen molar-refractivity contribution in [1.82, 2.24) is 4.57 Å². The number of hydrogen-bond acceptors (Lipinski definition) is 1. The molecule has 1 spiro atoms. The second-order valence-corrected chi connectivity index (χ2v) is 23.9. The molecule has 3 heteroatoms. The van der Waals surface area contributed by atoms with Gasteiger partial charge >= 0.3 is 0 Å². The van der Waals surface area contributed by atoms with Gasteiger partial charge in [-0.15, -0.1) is 0 Å². The summed E-state index contributed by atoms with van der Waals surface area (Å²) in [5.41, 5.74) is 18.3. The topological polar surface area (TPSA) is 8.17 Å². The minimum absolute atomic E-state index is 0.575. The Labute approximate surface area is 375 Å². The van der Waals surface area contributed by atoms with E-state index >= 15 is 0 Å². The zero-order valence-corrected chi connectivity index (χ0v) is 37.5. The van der Waals surface area contributed by atoms with Gasteiger partial charge in [0.25, 0.3) is 0 Å². The highest BCUT2D eigenvalue weighted by Gasteiger charge is 2.52. The first kappa shape index (κ1) is 37.1. The van der Waals surface area contributed by atoms with Crippen LogP contribution < -0.4 is 10.1 Å². The van der Waals surface area contributed by atoms with Crippen LogP contribution >= 0.6 is 0 Å². The Bertz CT molecular complexity index is 3640. The summed E-state index contributed by atoms with van der Waals surface area (Å²) in [5.74, 6) is 0. The van der Waals surface area contributed by atoms with Gasteiger partial charge in [0, 0.05) is 32.9 Å². The molecule has 0 saturated carbocycles. The lowest BCUT2D eigenvalue weighted by Gasteiger charge is -2.34. The molecule has 0 aliphatic heterocycles. The van der Waals surface area contributed by atoms with E-state index in [-0.39, 0.29) is 0 Å². The van der Waals surface area contributed by atoms with Crippen LogP contribution in [0.4, 0.5) is 17.1 Å². The number of benzene rings is 10. The molecule has 1 heterocycles. The van der Waals surface area contributed by atoms with Gasteiger partial charge in [-0.2, -0.15) is 0 Å². The van der Waals surface area contributed by atoms with E-state index in [0.29, 0.717) is 0 Å². The standard InChI is InChI=1S/C61H46N2Si/c1-39-29-31-40(32-30-39)62(57-35-36-59(64(2,3)4)48-23-7-5-21-46(48)57)58-38-54-60(49-24-8-6-22-47(49)58)50-34-33-41(63-55-27-15-11-19-44(55)45-20-12-16-28-56(45)63)37-53(50)61(54)51-25-13-9-17-42(51)43-18-10-14-26-52(43)61/h5-38H,1-4H3. The molecule has 0 amide bonds. The molecule has 304 valence electrons. The summed E-state index contributed by atoms with van der Waals surface area (Å²) in [7, 11) is -1.68. The Morgan fingerprint density at radius 1 is 0.406 bits per heavy atom. The maximum Gasteiger partial charge on any atom is 0.0784 e. The highest BCUT2D eigenvalue weighted by molar-refractivity contribution is 6.90. The van der Waals surface area contributed by atoms with Crippen LogP contribution in [0.5, 0.6) is 0 Å². The van der Waals surface area contributed by atoms with Crippen molar-refractivity contribution < 1.29 is 0 Å². The number of para-hydroxylation sites is 2. The van der Waals surface area contributed by atoms with E-state index in [1.807, 2.05) is 0 Å². The van der Waals surface area contributed by atoms with E-state index in [0.717, 1.165) is 5.69 Å². The minimum atomic E-state index is -1.68. The van der Waals surface area contributed by atoms with Crippen molar-refractivity contribution in [1.29, 1.82) is 0 Å². The SMILES string of the molecule is Cc1ccc(N(c2ccc([Si](C)(C)C)c3ccccc23)c2cc3c(c4ccccc24)-c2ccc(-n4c5ccccc5c5ccccc54)cc2C32c3ccccc3-c3ccccc32)cc1. The van der Waals surface area contributed by atoms with Crippen molar-refractivity contribution in [3.8, 4) is 27.9 Å². The second kappa shape index (κ2) is 13.5. The Kier molecular flexibility index (Phi) is 7.84. The number of anilines is 3. The molecule has 11 aromatic rings. The van der Waals surface area contributed by atoms with Gasteiger partial charge in [0.05, 0.1) is 35.9 Å². The fourth-order valence-electron chi connectivity index (χ4n) is 11.7. The molecular weight excluding hydrogens is 789 g/mol. The van der Waals surface area contributed by atoms with Crippen LogP contribution in [0.1, 0.15) is 27.8 Å². The quantitative estimate of drug-likeness (QED) is 0.157. The summed E-state index contributed by atoms with van der Waals surface area (Å²) in [4.78, 5) is 2.56. The fraction of sp³-hybridized carbons (Fsp3) is 0.0820. The highest BCUT2D eigenvalue weighted by Crippen LogP contribution is 2.65. The maximum atomic E-state index is 2.58. The zero-order chi connectivity index (χ0) is 42.9. The zero-order valence-electron chi connectivity index (χ0n) is 36.5. The minimum Gasteiger partial charge on any atom is -0.309 e. The van der Waals surface area contributed by atoms with E-state index in [4.69, 9.17) is 0 Å². The van der Waals surface area contributed by atoms with Gasteiger partial charge in [0.2, 0.25) is 0 Å². The average Bonchev–Trinajstić information content (AvgIpc) is 3.93. The third-order valence-electron chi connectivity index (χ3n) is 14.4. The lowest BCUT2D eigenvalue weighted by molar-refractivity contribution is 0.793. The van der Waals surface area contributed by atoms with Gasteiger partial charge < -0.3 is 9.47 Å². The van der Waals surface area contributed by atoms with Gasteiger partial charge in [0.15, 0.2) is 0 Å². The number of fused-ring (bicyclic) bond motifs is 16. The molecule has 13 rings (SSSR count). The van der Waals surface area contributed by atoms with Crippen molar-refractivity contribution in [2.45, 2.75) is 32.0 Å². The molecule has 0 radical (unpaired) electrons. The molecule has 64 heavy (non-hydrogen) atoms. The third-order valence-corrected chi connectivity index (χ3v) is 16.4. The monoisotopic (exact) mass is 834 g/mol. The summed E-state index contributed by atoms with van der Waals surface area (Å²) in [5, 5.41) is 9.15. The third kappa shape index (κ3) is 5.02. The van der Waals surface area contributed by atoms with Crippen molar-refractivity contribution in [3.05, 3.63) is 234 Å². The van der Waals surface area contributed by atoms with Crippen molar-refractivity contribution in [2.75, 3.05) is 4.90 Å². The summed E-state index contributed by atoms with van der Waals surface area (Å²) < 4.78 is 2.48. The van der Waals surface area contributed by atoms with Gasteiger partial charge in [-0.1, -0.05) is 188 Å². The van der Waals surface area contributed by atoms with Crippen molar-refractivity contribution in [3.63, 3.8) is 0 Å². The largest absolute Gasteiger partial charge is 0.309 e. The summed E-state index contributed by atoms with van der Waals surface area (Å²) in [6, 6.07) is 78.2. The lowest BCUT2D eigenvalue weighted by atomic mass is 9.70. The smallest absolute Gasteiger partial charge is 0.0784 e. The molecule has 2 aliphatic rings. The fourth-order valence-corrected chi connectivity index (χ4v) is 13.3. The first-order valence-corrected chi connectivity index (χ1v) is 26.1. The van der Waals surface area contributed by atoms with Gasteiger partial charge in [-0.05, 0) is 111 Å². The lowest BCUT2D eigenvalue weighted by Crippen LogP contribution is -2.38. The van der Waals surface area contributed by atoms with Crippen LogP contribution in [-0.2, 0) is 5.41 Å². The molecule has 0 fully saturated rings. The predicted molar refractivity (Wildman–Crippen MR) is 274 cm³/mol. The number of aromatic nitrogens is 1. The van der Waals surface area contributed by atoms with Crippen LogP contribution in [0.15, 0.2) is 206 Å². The highest BCUT2D eigenvalue weighted by atomic mass is 28.3. The second-order valence-electron chi connectivity index (χ2n) is 18.9. The molecule has 0 N–H and O–H groups in total. The Morgan fingerprint density at radius 2 is 0.938 bits per heavy atom. The molecule has 0 unspecified atom stereocenters. The number of rotatable bonds is 5. The molecule has 0 saturated heterocycles. The van der Waals surface area contributed by atoms with E-state index in [1.54, 1.807) is 0 Å². The molecule has 2 nitrogen and oxygen atoms in total. The van der Waals surface area contributed by atoms with E-state index < -0.39 is 13.5 Å². The van der Waals surface area contributed by atoms with Crippen LogP contribution in [0.3, 0.4) is 0 Å². The van der Waals surface area contributed by atoms with Crippen LogP contribution in [0.2, 0.25) is 19.6 Å². The van der Waals surface area contributed by atoms with Crippen molar-refractivity contribution in [2.24, 2.45) is 0 Å². The van der Waals surface area contributed by atoms with Crippen LogP contribution in [0.25, 0.3) is 71.3 Å². The summed E-state index contributed by atoms with van der Waals surface area (Å²) >= 11 is 0. The van der Waals surface area contributed by atoms with E-state index in [1.165, 1.54) is 116 Å².